The number of rotatable bonds is 2. The number of hydrogen-bond acceptors (Lipinski definition) is 3. The summed E-state index contributed by atoms with van der Waals surface area (Å²) in [6.45, 7) is 0. The molecule has 0 aliphatic carbocycles. The first-order valence-corrected chi connectivity index (χ1v) is 7.81. The number of guanidine groups is 2. The van der Waals surface area contributed by atoms with Crippen LogP contribution in [0.3, 0.4) is 0 Å². The fourth-order valence-electron chi connectivity index (χ4n) is 2.02. The minimum Gasteiger partial charge on any atom is -0.370 e. The van der Waals surface area contributed by atoms with Crippen molar-refractivity contribution in [2.24, 2.45) is 27.2 Å². The highest BCUT2D eigenvalue weighted by Gasteiger charge is 2.10. The molecule has 8 heteroatoms. The molecule has 1 aromatic heterocycles. The highest BCUT2D eigenvalue weighted by molar-refractivity contribution is 7.21. The van der Waals surface area contributed by atoms with Crippen LogP contribution in [0.1, 0.15) is 0 Å². The first-order valence-electron chi connectivity index (χ1n) is 6.62. The van der Waals surface area contributed by atoms with Crippen LogP contribution in [0.25, 0.3) is 20.8 Å². The van der Waals surface area contributed by atoms with Gasteiger partial charge in [0.2, 0.25) is 5.96 Å². The number of para-hydroxylation sites is 1. The van der Waals surface area contributed by atoms with Gasteiger partial charge in [-0.25, -0.2) is 9.98 Å². The lowest BCUT2D eigenvalue weighted by atomic mass is 10.2. The molecule has 23 heavy (non-hydrogen) atoms. The van der Waals surface area contributed by atoms with Crippen LogP contribution >= 0.6 is 22.9 Å². The van der Waals surface area contributed by atoms with E-state index in [4.69, 9.17) is 28.8 Å². The minimum absolute atomic E-state index is 0.0335. The number of nitrogens with zero attached hydrogens (tertiary/aromatic N) is 3. The summed E-state index contributed by atoms with van der Waals surface area (Å²) in [5.74, 6) is -0.183. The molecule has 1 heterocycles. The Bertz CT molecular complexity index is 894. The van der Waals surface area contributed by atoms with Crippen LogP contribution < -0.4 is 17.2 Å². The first-order chi connectivity index (χ1) is 11.0. The molecule has 0 unspecified atom stereocenters. The third kappa shape index (κ3) is 3.41. The smallest absolute Gasteiger partial charge is 0.223 e. The van der Waals surface area contributed by atoms with Gasteiger partial charge in [0.25, 0.3) is 0 Å². The number of halogens is 1. The van der Waals surface area contributed by atoms with Gasteiger partial charge in [0, 0.05) is 5.56 Å². The molecule has 0 aliphatic heterocycles. The molecule has 3 aromatic rings. The fraction of sp³-hybridized carbons (Fsp3) is 0. The molecule has 6 nitrogen and oxygen atoms in total. The van der Waals surface area contributed by atoms with Crippen molar-refractivity contribution in [3.63, 3.8) is 0 Å². The highest BCUT2D eigenvalue weighted by atomic mass is 35.5. The van der Waals surface area contributed by atoms with Crippen molar-refractivity contribution in [1.82, 2.24) is 4.98 Å². The lowest BCUT2D eigenvalue weighted by Crippen LogP contribution is -2.26. The summed E-state index contributed by atoms with van der Waals surface area (Å²) in [7, 11) is 0. The molecule has 0 atom stereocenters. The monoisotopic (exact) mass is 344 g/mol. The van der Waals surface area contributed by atoms with Gasteiger partial charge in [-0.05, 0) is 30.3 Å². The molecule has 6 N–H and O–H groups in total. The van der Waals surface area contributed by atoms with Crippen LogP contribution in [0, 0.1) is 0 Å². The van der Waals surface area contributed by atoms with E-state index in [0.29, 0.717) is 10.7 Å². The van der Waals surface area contributed by atoms with Gasteiger partial charge in [-0.3, -0.25) is 0 Å². The summed E-state index contributed by atoms with van der Waals surface area (Å²) in [4.78, 5) is 12.3. The molecular weight excluding hydrogens is 332 g/mol. The average Bonchev–Trinajstić information content (AvgIpc) is 2.89. The number of thiazole rings is 1. The van der Waals surface area contributed by atoms with Gasteiger partial charge in [-0.1, -0.05) is 23.7 Å². The quantitative estimate of drug-likeness (QED) is 0.489. The van der Waals surface area contributed by atoms with Crippen molar-refractivity contribution in [2.45, 2.75) is 0 Å². The maximum Gasteiger partial charge on any atom is 0.223 e. The van der Waals surface area contributed by atoms with Crippen molar-refractivity contribution in [3.05, 3.63) is 47.5 Å². The van der Waals surface area contributed by atoms with Crippen molar-refractivity contribution >= 4 is 50.8 Å². The second-order valence-electron chi connectivity index (χ2n) is 4.66. The number of aliphatic imine (C=N–C) groups is 2. The predicted molar refractivity (Wildman–Crippen MR) is 97.2 cm³/mol. The van der Waals surface area contributed by atoms with Crippen LogP contribution in [-0.4, -0.2) is 16.9 Å². The van der Waals surface area contributed by atoms with E-state index in [9.17, 15) is 0 Å². The summed E-state index contributed by atoms with van der Waals surface area (Å²) < 4.78 is 1.11. The van der Waals surface area contributed by atoms with Crippen LogP contribution in [-0.2, 0) is 0 Å². The number of hydrogen-bond donors (Lipinski definition) is 3. The molecule has 2 aromatic carbocycles. The third-order valence-corrected chi connectivity index (χ3v) is 4.35. The fourth-order valence-corrected chi connectivity index (χ4v) is 3.35. The van der Waals surface area contributed by atoms with Gasteiger partial charge < -0.3 is 17.2 Å². The summed E-state index contributed by atoms with van der Waals surface area (Å²) in [5.41, 5.74) is 18.4. The standard InChI is InChI=1S/C15H13ClN6S/c16-10-7-8(20-15(19)22-14(17)18)5-6-9(10)13-21-11-3-1-2-4-12(11)23-13/h1-7H,(H6,17,18,19,20,22). The van der Waals surface area contributed by atoms with E-state index < -0.39 is 0 Å². The summed E-state index contributed by atoms with van der Waals surface area (Å²) in [5, 5.41) is 1.38. The molecular formula is C15H13ClN6S. The van der Waals surface area contributed by atoms with Crippen LogP contribution in [0.2, 0.25) is 5.02 Å². The van der Waals surface area contributed by atoms with E-state index >= 15 is 0 Å². The van der Waals surface area contributed by atoms with E-state index in [0.717, 1.165) is 20.8 Å². The normalized spacial score (nSPS) is 11.6. The molecule has 0 fully saturated rings. The lowest BCUT2D eigenvalue weighted by Gasteiger charge is -2.02. The topological polar surface area (TPSA) is 116 Å². The Hall–Kier alpha value is -2.64. The number of aromatic nitrogens is 1. The lowest BCUT2D eigenvalue weighted by molar-refractivity contribution is 1.38. The Morgan fingerprint density at radius 3 is 2.57 bits per heavy atom. The van der Waals surface area contributed by atoms with Gasteiger partial charge in [-0.15, -0.1) is 11.3 Å². The van der Waals surface area contributed by atoms with Gasteiger partial charge in [-0.2, -0.15) is 4.99 Å². The van der Waals surface area contributed by atoms with Crippen molar-refractivity contribution in [1.29, 1.82) is 0 Å². The Balaban J connectivity index is 1.97. The Morgan fingerprint density at radius 1 is 1.09 bits per heavy atom. The van der Waals surface area contributed by atoms with Crippen LogP contribution in [0.15, 0.2) is 52.4 Å². The molecule has 0 spiro atoms. The SMILES string of the molecule is NC(N)=NC(N)=Nc1ccc(-c2nc3ccccc3s2)c(Cl)c1. The average molecular weight is 345 g/mol. The molecule has 0 saturated heterocycles. The number of benzene rings is 2. The molecule has 0 radical (unpaired) electrons. The number of nitrogens with two attached hydrogens (primary N) is 3. The first kappa shape index (κ1) is 15.3. The zero-order valence-electron chi connectivity index (χ0n) is 11.9. The van der Waals surface area contributed by atoms with E-state index in [1.807, 2.05) is 30.3 Å². The molecule has 0 aliphatic rings. The van der Waals surface area contributed by atoms with Crippen molar-refractivity contribution < 1.29 is 0 Å². The maximum absolute atomic E-state index is 6.35. The molecule has 0 saturated carbocycles. The molecule has 0 bridgehead atoms. The van der Waals surface area contributed by atoms with Crippen LogP contribution in [0.5, 0.6) is 0 Å². The summed E-state index contributed by atoms with van der Waals surface area (Å²) in [6.07, 6.45) is 0. The van der Waals surface area contributed by atoms with E-state index in [2.05, 4.69) is 15.0 Å². The summed E-state index contributed by atoms with van der Waals surface area (Å²) >= 11 is 7.93. The van der Waals surface area contributed by atoms with Gasteiger partial charge >= 0.3 is 0 Å². The minimum atomic E-state index is -0.150. The Kier molecular flexibility index (Phi) is 4.14. The predicted octanol–water partition coefficient (Wildman–Crippen LogP) is 2.84. The van der Waals surface area contributed by atoms with E-state index in [1.54, 1.807) is 23.5 Å². The van der Waals surface area contributed by atoms with Crippen LogP contribution in [0.4, 0.5) is 5.69 Å². The van der Waals surface area contributed by atoms with Gasteiger partial charge in [0.05, 0.1) is 20.9 Å². The van der Waals surface area contributed by atoms with Crippen molar-refractivity contribution in [3.8, 4) is 10.6 Å². The zero-order valence-corrected chi connectivity index (χ0v) is 13.5. The molecule has 0 amide bonds. The van der Waals surface area contributed by atoms with E-state index in [-0.39, 0.29) is 11.9 Å². The van der Waals surface area contributed by atoms with E-state index in [1.165, 1.54) is 0 Å². The summed E-state index contributed by atoms with van der Waals surface area (Å²) in [6, 6.07) is 13.3. The second-order valence-corrected chi connectivity index (χ2v) is 6.10. The number of fused-ring (bicyclic) bond motifs is 1. The largest absolute Gasteiger partial charge is 0.370 e. The molecule has 3 rings (SSSR count). The van der Waals surface area contributed by atoms with Crippen molar-refractivity contribution in [2.75, 3.05) is 0 Å². The van der Waals surface area contributed by atoms with Gasteiger partial charge in [0.15, 0.2) is 5.96 Å². The maximum atomic E-state index is 6.35. The molecule has 116 valence electrons. The highest BCUT2D eigenvalue weighted by Crippen LogP contribution is 2.36. The third-order valence-electron chi connectivity index (χ3n) is 2.96. The van der Waals surface area contributed by atoms with Gasteiger partial charge in [0.1, 0.15) is 5.01 Å². The Morgan fingerprint density at radius 2 is 1.87 bits per heavy atom. The second kappa shape index (κ2) is 6.23. The Labute approximate surface area is 141 Å². The zero-order chi connectivity index (χ0) is 16.4.